The van der Waals surface area contributed by atoms with E-state index in [-0.39, 0.29) is 0 Å². The average molecular weight is 128 g/mol. The third kappa shape index (κ3) is 5.34. The van der Waals surface area contributed by atoms with Crippen LogP contribution in [-0.2, 0) is 0 Å². The Morgan fingerprint density at radius 1 is 1.78 bits per heavy atom. The molecule has 0 aromatic heterocycles. The van der Waals surface area contributed by atoms with Crippen LogP contribution in [0.15, 0.2) is 5.16 Å². The molecule has 0 heterocycles. The van der Waals surface area contributed by atoms with Gasteiger partial charge in [0.15, 0.2) is 0 Å². The Bertz CT molecular complexity index is 81.0. The fourth-order valence-electron chi connectivity index (χ4n) is 0.655. The van der Waals surface area contributed by atoms with E-state index in [0.717, 1.165) is 19.3 Å². The van der Waals surface area contributed by atoms with Gasteiger partial charge in [-0.05, 0) is 12.3 Å². The van der Waals surface area contributed by atoms with Crippen LogP contribution in [0.5, 0.6) is 0 Å². The Balaban J connectivity index is 3.15. The van der Waals surface area contributed by atoms with Crippen LogP contribution in [-0.4, -0.2) is 11.4 Å². The van der Waals surface area contributed by atoms with Gasteiger partial charge < -0.3 is 5.21 Å². The quantitative estimate of drug-likeness (QED) is 0.351. The van der Waals surface area contributed by atoms with Crippen molar-refractivity contribution in [3.05, 3.63) is 6.92 Å². The van der Waals surface area contributed by atoms with E-state index >= 15 is 0 Å². The lowest BCUT2D eigenvalue weighted by molar-refractivity contribution is 0.318. The van der Waals surface area contributed by atoms with E-state index in [1.54, 1.807) is 6.21 Å². The highest BCUT2D eigenvalue weighted by Gasteiger charge is 1.94. The number of oxime groups is 1. The Labute approximate surface area is 56.6 Å². The molecule has 1 N–H and O–H groups in total. The highest BCUT2D eigenvalue weighted by Crippen LogP contribution is 2.03. The maximum atomic E-state index is 8.09. The standard InChI is InChI=1S/C7H14NO/c1-3-4-5-7(2)6-8-9/h6-7,9H,1,3-5H2,2H3/b8-6-. The topological polar surface area (TPSA) is 32.6 Å². The molecule has 0 saturated carbocycles. The molecule has 2 heteroatoms. The highest BCUT2D eigenvalue weighted by molar-refractivity contribution is 5.58. The van der Waals surface area contributed by atoms with Gasteiger partial charge in [-0.25, -0.2) is 0 Å². The minimum absolute atomic E-state index is 0.386. The SMILES string of the molecule is [CH2]CCCC(C)/C=N\O. The lowest BCUT2D eigenvalue weighted by Gasteiger charge is -2.00. The molecular weight excluding hydrogens is 114 g/mol. The summed E-state index contributed by atoms with van der Waals surface area (Å²) in [6.45, 7) is 5.73. The molecule has 0 aliphatic carbocycles. The monoisotopic (exact) mass is 128 g/mol. The van der Waals surface area contributed by atoms with Crippen LogP contribution in [0.2, 0.25) is 0 Å². The second-order valence-electron chi connectivity index (χ2n) is 2.24. The summed E-state index contributed by atoms with van der Waals surface area (Å²) in [5.41, 5.74) is 0. The van der Waals surface area contributed by atoms with Crippen LogP contribution < -0.4 is 0 Å². The lowest BCUT2D eigenvalue weighted by Crippen LogP contribution is -1.94. The first-order valence-corrected chi connectivity index (χ1v) is 3.28. The number of nitrogens with zero attached hydrogens (tertiary/aromatic N) is 1. The summed E-state index contributed by atoms with van der Waals surface area (Å²) in [6, 6.07) is 0. The Morgan fingerprint density at radius 2 is 2.44 bits per heavy atom. The lowest BCUT2D eigenvalue weighted by atomic mass is 10.1. The predicted octanol–water partition coefficient (Wildman–Crippen LogP) is 2.09. The minimum Gasteiger partial charge on any atom is -0.411 e. The van der Waals surface area contributed by atoms with Crippen LogP contribution in [0.4, 0.5) is 0 Å². The third-order valence-corrected chi connectivity index (χ3v) is 1.23. The van der Waals surface area contributed by atoms with Gasteiger partial charge >= 0.3 is 0 Å². The van der Waals surface area contributed by atoms with Gasteiger partial charge in [-0.3, -0.25) is 0 Å². The second kappa shape index (κ2) is 5.60. The van der Waals surface area contributed by atoms with Crippen molar-refractivity contribution in [3.63, 3.8) is 0 Å². The molecule has 0 rings (SSSR count). The molecule has 53 valence electrons. The summed E-state index contributed by atoms with van der Waals surface area (Å²) in [7, 11) is 0. The fraction of sp³-hybridized carbons (Fsp3) is 0.714. The maximum Gasteiger partial charge on any atom is 0.0464 e. The summed E-state index contributed by atoms with van der Waals surface area (Å²) in [5.74, 6) is 0.386. The van der Waals surface area contributed by atoms with Gasteiger partial charge in [0, 0.05) is 6.21 Å². The maximum absolute atomic E-state index is 8.09. The molecule has 0 aromatic carbocycles. The van der Waals surface area contributed by atoms with Crippen molar-refractivity contribution in [2.24, 2.45) is 11.1 Å². The van der Waals surface area contributed by atoms with E-state index in [9.17, 15) is 0 Å². The van der Waals surface area contributed by atoms with Gasteiger partial charge in [0.25, 0.3) is 0 Å². The van der Waals surface area contributed by atoms with E-state index in [2.05, 4.69) is 12.1 Å². The molecule has 0 amide bonds. The highest BCUT2D eigenvalue weighted by atomic mass is 16.4. The molecule has 0 spiro atoms. The van der Waals surface area contributed by atoms with Gasteiger partial charge in [-0.1, -0.05) is 26.7 Å². The van der Waals surface area contributed by atoms with Gasteiger partial charge in [0.1, 0.15) is 0 Å². The van der Waals surface area contributed by atoms with Crippen molar-refractivity contribution in [3.8, 4) is 0 Å². The summed E-state index contributed by atoms with van der Waals surface area (Å²) >= 11 is 0. The van der Waals surface area contributed by atoms with E-state index in [4.69, 9.17) is 5.21 Å². The molecule has 0 aliphatic heterocycles. The Kier molecular flexibility index (Phi) is 5.27. The van der Waals surface area contributed by atoms with Crippen LogP contribution in [0, 0.1) is 12.8 Å². The average Bonchev–Trinajstić information content (AvgIpc) is 1.85. The van der Waals surface area contributed by atoms with E-state index in [0.29, 0.717) is 5.92 Å². The molecular formula is C7H14NO. The van der Waals surface area contributed by atoms with Crippen molar-refractivity contribution in [2.75, 3.05) is 0 Å². The molecule has 0 aromatic rings. The zero-order valence-electron chi connectivity index (χ0n) is 5.88. The first-order valence-electron chi connectivity index (χ1n) is 3.28. The van der Waals surface area contributed by atoms with E-state index in [1.165, 1.54) is 0 Å². The van der Waals surface area contributed by atoms with Crippen molar-refractivity contribution >= 4 is 6.21 Å². The van der Waals surface area contributed by atoms with E-state index in [1.807, 2.05) is 6.92 Å². The van der Waals surface area contributed by atoms with Crippen molar-refractivity contribution in [1.82, 2.24) is 0 Å². The number of unbranched alkanes of at least 4 members (excludes halogenated alkanes) is 1. The molecule has 1 unspecified atom stereocenters. The van der Waals surface area contributed by atoms with E-state index < -0.39 is 0 Å². The van der Waals surface area contributed by atoms with Crippen LogP contribution in [0.3, 0.4) is 0 Å². The van der Waals surface area contributed by atoms with Gasteiger partial charge in [0.2, 0.25) is 0 Å². The van der Waals surface area contributed by atoms with Crippen LogP contribution in [0.25, 0.3) is 0 Å². The van der Waals surface area contributed by atoms with Gasteiger partial charge in [-0.2, -0.15) is 0 Å². The fourth-order valence-corrected chi connectivity index (χ4v) is 0.655. The smallest absolute Gasteiger partial charge is 0.0464 e. The molecule has 1 atom stereocenters. The molecule has 0 fully saturated rings. The summed E-state index contributed by atoms with van der Waals surface area (Å²) < 4.78 is 0. The Morgan fingerprint density at radius 3 is 2.89 bits per heavy atom. The second-order valence-corrected chi connectivity index (χ2v) is 2.24. The first kappa shape index (κ1) is 8.47. The molecule has 0 saturated heterocycles. The first-order chi connectivity index (χ1) is 4.31. The van der Waals surface area contributed by atoms with Crippen molar-refractivity contribution in [1.29, 1.82) is 0 Å². The normalized spacial score (nSPS) is 14.4. The van der Waals surface area contributed by atoms with Crippen molar-refractivity contribution in [2.45, 2.75) is 26.2 Å². The van der Waals surface area contributed by atoms with Crippen LogP contribution >= 0.6 is 0 Å². The number of hydrogen-bond acceptors (Lipinski definition) is 2. The summed E-state index contributed by atoms with van der Waals surface area (Å²) in [4.78, 5) is 0. The van der Waals surface area contributed by atoms with Gasteiger partial charge in [0.05, 0.1) is 0 Å². The summed E-state index contributed by atoms with van der Waals surface area (Å²) in [5, 5.41) is 11.0. The molecule has 0 bridgehead atoms. The zero-order valence-corrected chi connectivity index (χ0v) is 5.88. The molecule has 2 nitrogen and oxygen atoms in total. The number of hydrogen-bond donors (Lipinski definition) is 1. The summed E-state index contributed by atoms with van der Waals surface area (Å²) in [6.07, 6.45) is 4.68. The third-order valence-electron chi connectivity index (χ3n) is 1.23. The largest absolute Gasteiger partial charge is 0.411 e. The van der Waals surface area contributed by atoms with Crippen molar-refractivity contribution < 1.29 is 5.21 Å². The molecule has 9 heavy (non-hydrogen) atoms. The zero-order chi connectivity index (χ0) is 7.11. The Hall–Kier alpha value is -0.530. The number of rotatable bonds is 4. The minimum atomic E-state index is 0.386. The molecule has 0 aliphatic rings. The molecule has 1 radical (unpaired) electrons. The van der Waals surface area contributed by atoms with Gasteiger partial charge in [-0.15, -0.1) is 5.16 Å². The van der Waals surface area contributed by atoms with Crippen LogP contribution in [0.1, 0.15) is 26.2 Å². The predicted molar refractivity (Wildman–Crippen MR) is 38.7 cm³/mol.